The second-order valence-electron chi connectivity index (χ2n) is 4.52. The van der Waals surface area contributed by atoms with Gasteiger partial charge in [0, 0.05) is 23.9 Å². The third-order valence-electron chi connectivity index (χ3n) is 2.89. The van der Waals surface area contributed by atoms with Crippen molar-refractivity contribution in [2.45, 2.75) is 32.6 Å². The van der Waals surface area contributed by atoms with E-state index in [0.29, 0.717) is 6.42 Å². The number of hydrogen-bond donors (Lipinski definition) is 1. The fraction of sp³-hybridized carbons (Fsp3) is 0.667. The molecule has 1 saturated heterocycles. The minimum Gasteiger partial charge on any atom is -0.316 e. The topological polar surface area (TPSA) is 42.0 Å². The molecule has 0 spiro atoms. The van der Waals surface area contributed by atoms with Gasteiger partial charge in [0.05, 0.1) is 5.01 Å². The molecule has 0 amide bonds. The molecule has 16 heavy (non-hydrogen) atoms. The number of carbonyl (C=O) groups is 1. The molecule has 0 aromatic carbocycles. The first-order valence-electron chi connectivity index (χ1n) is 5.88. The van der Waals surface area contributed by atoms with Crippen LogP contribution in [0.2, 0.25) is 0 Å². The molecular formula is C12H18N2OS. The van der Waals surface area contributed by atoms with E-state index < -0.39 is 0 Å². The van der Waals surface area contributed by atoms with E-state index in [1.54, 1.807) is 18.3 Å². The van der Waals surface area contributed by atoms with Gasteiger partial charge in [-0.3, -0.25) is 4.79 Å². The molecule has 88 valence electrons. The maximum absolute atomic E-state index is 11.0. The summed E-state index contributed by atoms with van der Waals surface area (Å²) in [5, 5.41) is 4.60. The SMILES string of the molecule is CC(=O)Cc1cnc(CC2CCCNC2)s1. The van der Waals surface area contributed by atoms with E-state index in [2.05, 4.69) is 10.3 Å². The molecule has 0 saturated carbocycles. The fourth-order valence-electron chi connectivity index (χ4n) is 2.11. The summed E-state index contributed by atoms with van der Waals surface area (Å²) in [5.41, 5.74) is 0. The Balaban J connectivity index is 1.88. The van der Waals surface area contributed by atoms with Crippen LogP contribution < -0.4 is 5.32 Å². The number of thiazole rings is 1. The molecule has 2 rings (SSSR count). The van der Waals surface area contributed by atoms with Gasteiger partial charge < -0.3 is 5.32 Å². The molecule has 4 heteroatoms. The number of nitrogens with one attached hydrogen (secondary N) is 1. The number of rotatable bonds is 4. The Morgan fingerprint density at radius 2 is 2.56 bits per heavy atom. The predicted octanol–water partition coefficient (Wildman–Crippen LogP) is 1.82. The number of aromatic nitrogens is 1. The lowest BCUT2D eigenvalue weighted by molar-refractivity contribution is -0.116. The van der Waals surface area contributed by atoms with Crippen LogP contribution >= 0.6 is 11.3 Å². The van der Waals surface area contributed by atoms with E-state index in [0.717, 1.165) is 30.3 Å². The molecule has 1 aliphatic heterocycles. The minimum absolute atomic E-state index is 0.217. The molecule has 2 heterocycles. The largest absolute Gasteiger partial charge is 0.316 e. The van der Waals surface area contributed by atoms with E-state index >= 15 is 0 Å². The van der Waals surface area contributed by atoms with Gasteiger partial charge in [-0.2, -0.15) is 0 Å². The second-order valence-corrected chi connectivity index (χ2v) is 5.72. The monoisotopic (exact) mass is 238 g/mol. The highest BCUT2D eigenvalue weighted by atomic mass is 32.1. The van der Waals surface area contributed by atoms with Crippen LogP contribution in [-0.2, 0) is 17.6 Å². The van der Waals surface area contributed by atoms with Gasteiger partial charge in [0.25, 0.3) is 0 Å². The maximum atomic E-state index is 11.0. The second kappa shape index (κ2) is 5.55. The van der Waals surface area contributed by atoms with E-state index in [1.165, 1.54) is 17.8 Å². The highest BCUT2D eigenvalue weighted by molar-refractivity contribution is 7.11. The van der Waals surface area contributed by atoms with E-state index in [4.69, 9.17) is 0 Å². The van der Waals surface area contributed by atoms with Gasteiger partial charge in [-0.1, -0.05) is 0 Å². The smallest absolute Gasteiger partial charge is 0.135 e. The highest BCUT2D eigenvalue weighted by Crippen LogP contribution is 2.20. The van der Waals surface area contributed by atoms with Crippen LogP contribution in [-0.4, -0.2) is 23.9 Å². The number of hydrogen-bond acceptors (Lipinski definition) is 4. The number of piperidine rings is 1. The molecule has 1 unspecified atom stereocenters. The number of carbonyl (C=O) groups excluding carboxylic acids is 1. The lowest BCUT2D eigenvalue weighted by atomic mass is 9.97. The van der Waals surface area contributed by atoms with Gasteiger partial charge in [-0.15, -0.1) is 11.3 Å². The van der Waals surface area contributed by atoms with Crippen LogP contribution in [0, 0.1) is 5.92 Å². The lowest BCUT2D eigenvalue weighted by Crippen LogP contribution is -2.30. The van der Waals surface area contributed by atoms with E-state index in [1.807, 2.05) is 6.20 Å². The summed E-state index contributed by atoms with van der Waals surface area (Å²) in [5.74, 6) is 0.944. The van der Waals surface area contributed by atoms with Crippen molar-refractivity contribution < 1.29 is 4.79 Å². The van der Waals surface area contributed by atoms with Crippen LogP contribution in [0.4, 0.5) is 0 Å². The maximum Gasteiger partial charge on any atom is 0.135 e. The Morgan fingerprint density at radius 3 is 3.25 bits per heavy atom. The summed E-state index contributed by atoms with van der Waals surface area (Å²) in [6.45, 7) is 3.90. The zero-order chi connectivity index (χ0) is 11.4. The van der Waals surface area contributed by atoms with Crippen molar-refractivity contribution >= 4 is 17.1 Å². The van der Waals surface area contributed by atoms with Crippen molar-refractivity contribution in [3.05, 3.63) is 16.1 Å². The summed E-state index contributed by atoms with van der Waals surface area (Å²) in [4.78, 5) is 16.5. The molecule has 0 radical (unpaired) electrons. The van der Waals surface area contributed by atoms with Crippen LogP contribution in [0.5, 0.6) is 0 Å². The van der Waals surface area contributed by atoms with Gasteiger partial charge >= 0.3 is 0 Å². The van der Waals surface area contributed by atoms with Crippen LogP contribution in [0.1, 0.15) is 29.7 Å². The normalized spacial score (nSPS) is 20.9. The Bertz CT molecular complexity index is 356. The van der Waals surface area contributed by atoms with Crippen LogP contribution in [0.15, 0.2) is 6.20 Å². The van der Waals surface area contributed by atoms with Gasteiger partial charge in [-0.05, 0) is 38.8 Å². The van der Waals surface area contributed by atoms with Gasteiger partial charge in [0.1, 0.15) is 5.78 Å². The Morgan fingerprint density at radius 1 is 1.69 bits per heavy atom. The van der Waals surface area contributed by atoms with Crippen molar-refractivity contribution in [1.82, 2.24) is 10.3 Å². The average Bonchev–Trinajstić information content (AvgIpc) is 2.66. The first-order chi connectivity index (χ1) is 7.74. The Labute approximate surface area is 100 Å². The lowest BCUT2D eigenvalue weighted by Gasteiger charge is -2.21. The van der Waals surface area contributed by atoms with E-state index in [9.17, 15) is 4.79 Å². The van der Waals surface area contributed by atoms with Gasteiger partial charge in [0.15, 0.2) is 0 Å². The molecule has 0 aliphatic carbocycles. The molecule has 1 atom stereocenters. The summed E-state index contributed by atoms with van der Waals surface area (Å²) in [6, 6.07) is 0. The molecule has 1 aromatic heterocycles. The Hall–Kier alpha value is -0.740. The molecule has 1 aliphatic rings. The van der Waals surface area contributed by atoms with Crippen molar-refractivity contribution in [1.29, 1.82) is 0 Å². The van der Waals surface area contributed by atoms with Crippen molar-refractivity contribution in [3.8, 4) is 0 Å². The van der Waals surface area contributed by atoms with Crippen molar-refractivity contribution in [2.24, 2.45) is 5.92 Å². The van der Waals surface area contributed by atoms with Crippen LogP contribution in [0.25, 0.3) is 0 Å². The summed E-state index contributed by atoms with van der Waals surface area (Å²) in [7, 11) is 0. The first-order valence-corrected chi connectivity index (χ1v) is 6.69. The molecule has 1 aromatic rings. The molecule has 0 bridgehead atoms. The molecule has 3 nitrogen and oxygen atoms in total. The van der Waals surface area contributed by atoms with Gasteiger partial charge in [0.2, 0.25) is 0 Å². The summed E-state index contributed by atoms with van der Waals surface area (Å²) < 4.78 is 0. The summed E-state index contributed by atoms with van der Waals surface area (Å²) in [6.07, 6.45) is 6.04. The zero-order valence-electron chi connectivity index (χ0n) is 9.66. The van der Waals surface area contributed by atoms with Gasteiger partial charge in [-0.25, -0.2) is 4.98 Å². The number of ketones is 1. The fourth-order valence-corrected chi connectivity index (χ4v) is 3.22. The third-order valence-corrected chi connectivity index (χ3v) is 3.91. The molecule has 1 N–H and O–H groups in total. The molecule has 1 fully saturated rings. The average molecular weight is 238 g/mol. The zero-order valence-corrected chi connectivity index (χ0v) is 10.5. The number of Topliss-reactive ketones (excluding diaryl/α,β-unsaturated/α-hetero) is 1. The Kier molecular flexibility index (Phi) is 4.07. The standard InChI is InChI=1S/C12H18N2OS/c1-9(15)5-11-8-14-12(16-11)6-10-3-2-4-13-7-10/h8,10,13H,2-7H2,1H3. The number of nitrogens with zero attached hydrogens (tertiary/aromatic N) is 1. The van der Waals surface area contributed by atoms with Crippen LogP contribution in [0.3, 0.4) is 0 Å². The summed E-state index contributed by atoms with van der Waals surface area (Å²) >= 11 is 1.70. The quantitative estimate of drug-likeness (QED) is 0.870. The minimum atomic E-state index is 0.217. The van der Waals surface area contributed by atoms with E-state index in [-0.39, 0.29) is 5.78 Å². The third kappa shape index (κ3) is 3.39. The van der Waals surface area contributed by atoms with Crippen molar-refractivity contribution in [3.63, 3.8) is 0 Å². The highest BCUT2D eigenvalue weighted by Gasteiger charge is 2.15. The van der Waals surface area contributed by atoms with Crippen molar-refractivity contribution in [2.75, 3.05) is 13.1 Å². The first kappa shape index (κ1) is 11.7. The molecular weight excluding hydrogens is 220 g/mol. The predicted molar refractivity (Wildman–Crippen MR) is 65.8 cm³/mol.